The van der Waals surface area contributed by atoms with Gasteiger partial charge in [0.05, 0.1) is 18.3 Å². The van der Waals surface area contributed by atoms with Gasteiger partial charge in [-0.3, -0.25) is 5.43 Å². The number of nitrogens with one attached hydrogen (secondary N) is 2. The second-order valence-electron chi connectivity index (χ2n) is 4.14. The highest BCUT2D eigenvalue weighted by Gasteiger charge is 2.23. The van der Waals surface area contributed by atoms with Crippen LogP contribution in [0.1, 0.15) is 25.7 Å². The molecule has 1 aromatic rings. The predicted molar refractivity (Wildman–Crippen MR) is 66.7 cm³/mol. The molecule has 2 atom stereocenters. The summed E-state index contributed by atoms with van der Waals surface area (Å²) in [6.45, 7) is 0. The van der Waals surface area contributed by atoms with E-state index in [1.807, 2.05) is 0 Å². The molecule has 1 heterocycles. The molecule has 17 heavy (non-hydrogen) atoms. The molecule has 1 aliphatic carbocycles. The van der Waals surface area contributed by atoms with Crippen molar-refractivity contribution in [3.05, 3.63) is 11.2 Å². The number of hydrazine groups is 1. The zero-order valence-corrected chi connectivity index (χ0v) is 10.1. The van der Waals surface area contributed by atoms with Crippen LogP contribution >= 0.6 is 11.6 Å². The second-order valence-corrected chi connectivity index (χ2v) is 4.54. The number of aromatic nitrogens is 2. The van der Waals surface area contributed by atoms with Crippen molar-refractivity contribution in [2.24, 2.45) is 5.84 Å². The first-order chi connectivity index (χ1) is 8.20. The monoisotopic (exact) mass is 257 g/mol. The smallest absolute Gasteiger partial charge is 0.239 e. The highest BCUT2D eigenvalue weighted by molar-refractivity contribution is 6.32. The van der Waals surface area contributed by atoms with Gasteiger partial charge in [-0.2, -0.15) is 4.98 Å². The van der Waals surface area contributed by atoms with Crippen LogP contribution in [0.5, 0.6) is 0 Å². The first-order valence-corrected chi connectivity index (χ1v) is 6.02. The Morgan fingerprint density at radius 1 is 1.41 bits per heavy atom. The van der Waals surface area contributed by atoms with Gasteiger partial charge in [-0.05, 0) is 12.8 Å². The molecule has 0 saturated heterocycles. The molecule has 0 aliphatic heterocycles. The summed E-state index contributed by atoms with van der Waals surface area (Å²) < 4.78 is 0. The van der Waals surface area contributed by atoms with E-state index in [-0.39, 0.29) is 12.1 Å². The van der Waals surface area contributed by atoms with Crippen molar-refractivity contribution in [2.75, 3.05) is 10.7 Å². The maximum absolute atomic E-state index is 9.86. The van der Waals surface area contributed by atoms with E-state index in [1.165, 1.54) is 6.20 Å². The average Bonchev–Trinajstić information content (AvgIpc) is 2.35. The second kappa shape index (κ2) is 5.48. The molecular weight excluding hydrogens is 242 g/mol. The zero-order chi connectivity index (χ0) is 12.3. The fourth-order valence-corrected chi connectivity index (χ4v) is 2.14. The van der Waals surface area contributed by atoms with Gasteiger partial charge in [-0.1, -0.05) is 24.4 Å². The van der Waals surface area contributed by atoms with Crippen molar-refractivity contribution in [3.63, 3.8) is 0 Å². The van der Waals surface area contributed by atoms with Crippen LogP contribution in [0, 0.1) is 0 Å². The molecule has 0 radical (unpaired) electrons. The fraction of sp³-hybridized carbons (Fsp3) is 0.600. The Morgan fingerprint density at radius 3 is 2.88 bits per heavy atom. The number of nitrogens with two attached hydrogens (primary N) is 1. The Hall–Kier alpha value is -1.11. The van der Waals surface area contributed by atoms with Gasteiger partial charge in [0.2, 0.25) is 5.95 Å². The van der Waals surface area contributed by atoms with Gasteiger partial charge < -0.3 is 10.4 Å². The lowest BCUT2D eigenvalue weighted by Crippen LogP contribution is -2.36. The lowest BCUT2D eigenvalue weighted by Gasteiger charge is -2.29. The van der Waals surface area contributed by atoms with E-state index in [0.29, 0.717) is 16.8 Å². The molecule has 0 amide bonds. The van der Waals surface area contributed by atoms with E-state index in [0.717, 1.165) is 25.7 Å². The fourth-order valence-electron chi connectivity index (χ4n) is 1.99. The molecule has 7 heteroatoms. The Labute approximate surface area is 105 Å². The molecule has 1 saturated carbocycles. The van der Waals surface area contributed by atoms with Crippen LogP contribution in [0.15, 0.2) is 6.20 Å². The standard InChI is InChI=1S/C10H16ClN5O/c11-6-5-13-10(16-12)15-9(6)14-7-3-1-2-4-8(7)17/h5,7-8,17H,1-4,12H2,(H2,13,14,15,16). The van der Waals surface area contributed by atoms with Gasteiger partial charge in [0, 0.05) is 0 Å². The van der Waals surface area contributed by atoms with Crippen molar-refractivity contribution in [2.45, 2.75) is 37.8 Å². The third-order valence-corrected chi connectivity index (χ3v) is 3.20. The minimum absolute atomic E-state index is 0.0122. The molecule has 1 aromatic heterocycles. The summed E-state index contributed by atoms with van der Waals surface area (Å²) >= 11 is 5.98. The van der Waals surface area contributed by atoms with Crippen LogP contribution in [0.25, 0.3) is 0 Å². The van der Waals surface area contributed by atoms with Crippen molar-refractivity contribution < 1.29 is 5.11 Å². The number of nitrogens with zero attached hydrogens (tertiary/aromatic N) is 2. The Balaban J connectivity index is 2.11. The Bertz CT molecular complexity index is 389. The summed E-state index contributed by atoms with van der Waals surface area (Å²) in [4.78, 5) is 8.01. The van der Waals surface area contributed by atoms with Gasteiger partial charge in [0.15, 0.2) is 5.82 Å². The molecule has 94 valence electrons. The van der Waals surface area contributed by atoms with Crippen molar-refractivity contribution in [3.8, 4) is 0 Å². The summed E-state index contributed by atoms with van der Waals surface area (Å²) in [5, 5.41) is 13.4. The lowest BCUT2D eigenvalue weighted by molar-refractivity contribution is 0.116. The van der Waals surface area contributed by atoms with Gasteiger partial charge in [0.25, 0.3) is 0 Å². The van der Waals surface area contributed by atoms with E-state index in [4.69, 9.17) is 17.4 Å². The third-order valence-electron chi connectivity index (χ3n) is 2.92. The van der Waals surface area contributed by atoms with Crippen LogP contribution in [0.4, 0.5) is 11.8 Å². The first kappa shape index (κ1) is 12.3. The summed E-state index contributed by atoms with van der Waals surface area (Å²) in [5.74, 6) is 6.03. The average molecular weight is 258 g/mol. The van der Waals surface area contributed by atoms with E-state index >= 15 is 0 Å². The molecule has 2 rings (SSSR count). The third kappa shape index (κ3) is 2.96. The molecule has 1 aliphatic rings. The predicted octanol–water partition coefficient (Wildman–Crippen LogP) is 1.13. The van der Waals surface area contributed by atoms with E-state index in [2.05, 4.69) is 20.7 Å². The van der Waals surface area contributed by atoms with E-state index in [1.54, 1.807) is 0 Å². The van der Waals surface area contributed by atoms with E-state index in [9.17, 15) is 5.11 Å². The number of rotatable bonds is 3. The van der Waals surface area contributed by atoms with Gasteiger partial charge >= 0.3 is 0 Å². The highest BCUT2D eigenvalue weighted by Crippen LogP contribution is 2.25. The molecular formula is C10H16ClN5O. The molecule has 0 bridgehead atoms. The van der Waals surface area contributed by atoms with Crippen LogP contribution < -0.4 is 16.6 Å². The van der Waals surface area contributed by atoms with Gasteiger partial charge in [-0.25, -0.2) is 10.8 Å². The van der Waals surface area contributed by atoms with Crippen LogP contribution in [0.3, 0.4) is 0 Å². The number of halogens is 1. The Kier molecular flexibility index (Phi) is 3.98. The molecule has 2 unspecified atom stereocenters. The van der Waals surface area contributed by atoms with Gasteiger partial charge in [-0.15, -0.1) is 0 Å². The minimum atomic E-state index is -0.357. The minimum Gasteiger partial charge on any atom is -0.391 e. The molecule has 5 N–H and O–H groups in total. The normalized spacial score (nSPS) is 24.4. The number of hydrogen-bond donors (Lipinski definition) is 4. The zero-order valence-electron chi connectivity index (χ0n) is 9.36. The summed E-state index contributed by atoms with van der Waals surface area (Å²) in [7, 11) is 0. The summed E-state index contributed by atoms with van der Waals surface area (Å²) in [6, 6.07) is -0.0122. The molecule has 0 spiro atoms. The number of aliphatic hydroxyl groups is 1. The highest BCUT2D eigenvalue weighted by atomic mass is 35.5. The molecule has 1 fully saturated rings. The molecule has 6 nitrogen and oxygen atoms in total. The number of hydrogen-bond acceptors (Lipinski definition) is 6. The topological polar surface area (TPSA) is 96.1 Å². The SMILES string of the molecule is NNc1ncc(Cl)c(NC2CCCCC2O)n1. The van der Waals surface area contributed by atoms with Crippen LogP contribution in [0.2, 0.25) is 5.02 Å². The largest absolute Gasteiger partial charge is 0.391 e. The maximum atomic E-state index is 9.86. The van der Waals surface area contributed by atoms with Crippen molar-refractivity contribution in [1.29, 1.82) is 0 Å². The Morgan fingerprint density at radius 2 is 2.18 bits per heavy atom. The quantitative estimate of drug-likeness (QED) is 0.479. The van der Waals surface area contributed by atoms with Crippen LogP contribution in [-0.4, -0.2) is 27.2 Å². The maximum Gasteiger partial charge on any atom is 0.239 e. The van der Waals surface area contributed by atoms with Crippen LogP contribution in [-0.2, 0) is 0 Å². The van der Waals surface area contributed by atoms with Crippen molar-refractivity contribution >= 4 is 23.4 Å². The summed E-state index contributed by atoms with van der Waals surface area (Å²) in [6.07, 6.45) is 4.99. The van der Waals surface area contributed by atoms with Crippen molar-refractivity contribution in [1.82, 2.24) is 9.97 Å². The summed E-state index contributed by atoms with van der Waals surface area (Å²) in [5.41, 5.74) is 2.36. The number of nitrogen functional groups attached to an aromatic ring is 1. The lowest BCUT2D eigenvalue weighted by atomic mass is 9.93. The van der Waals surface area contributed by atoms with E-state index < -0.39 is 0 Å². The molecule has 0 aromatic carbocycles. The van der Waals surface area contributed by atoms with Gasteiger partial charge in [0.1, 0.15) is 5.02 Å². The number of anilines is 2. The first-order valence-electron chi connectivity index (χ1n) is 5.64. The number of aliphatic hydroxyl groups excluding tert-OH is 1.